The van der Waals surface area contributed by atoms with E-state index in [0.29, 0.717) is 0 Å². The van der Waals surface area contributed by atoms with Gasteiger partial charge in [-0.1, -0.05) is 169 Å². The van der Waals surface area contributed by atoms with Crippen molar-refractivity contribution in [2.45, 2.75) is 10.7 Å². The molecule has 1 aliphatic heterocycles. The van der Waals surface area contributed by atoms with Gasteiger partial charge in [0.2, 0.25) is 0 Å². The molecule has 0 amide bonds. The van der Waals surface area contributed by atoms with Gasteiger partial charge in [-0.15, -0.1) is 0 Å². The van der Waals surface area contributed by atoms with E-state index in [2.05, 4.69) is 169 Å². The second kappa shape index (κ2) is 11.3. The molecule has 2 atom stereocenters. The molecule has 0 unspecified atom stereocenters. The average molecular weight is 610 g/mol. The molecule has 0 bridgehead atoms. The maximum atomic E-state index is 6.92. The number of benzene rings is 6. The maximum Gasteiger partial charge on any atom is 0.311 e. The first-order chi connectivity index (χ1) is 22.7. The van der Waals surface area contributed by atoms with Gasteiger partial charge in [-0.2, -0.15) is 0 Å². The summed E-state index contributed by atoms with van der Waals surface area (Å²) < 4.78 is 5.59. The zero-order chi connectivity index (χ0) is 31.1. The Morgan fingerprint density at radius 1 is 0.522 bits per heavy atom. The van der Waals surface area contributed by atoms with E-state index in [-0.39, 0.29) is 6.85 Å². The summed E-state index contributed by atoms with van der Waals surface area (Å²) in [6.45, 7) is -0.153. The molecule has 1 saturated heterocycles. The molecule has 1 aliphatic carbocycles. The van der Waals surface area contributed by atoms with Gasteiger partial charge in [-0.25, -0.2) is 0 Å². The lowest BCUT2D eigenvalue weighted by Crippen LogP contribution is -2.66. The Bertz CT molecular complexity index is 2030. The molecule has 220 valence electrons. The third-order valence-corrected chi connectivity index (χ3v) is 10.3. The number of hydrogen-bond donors (Lipinski definition) is 0. The van der Waals surface area contributed by atoms with E-state index in [9.17, 15) is 0 Å². The summed E-state index contributed by atoms with van der Waals surface area (Å²) >= 11 is 6.92. The van der Waals surface area contributed by atoms with Gasteiger partial charge in [0.05, 0.1) is 17.5 Å². The highest BCUT2D eigenvalue weighted by Gasteiger charge is 2.79. The molecule has 6 aromatic rings. The number of thiocarbonyl (C=S) groups is 1. The minimum atomic E-state index is -0.669. The summed E-state index contributed by atoms with van der Waals surface area (Å²) in [5, 5.41) is -0.583. The van der Waals surface area contributed by atoms with Crippen LogP contribution in [-0.2, 0) is 10.7 Å². The molecule has 1 fully saturated rings. The van der Waals surface area contributed by atoms with Gasteiger partial charge in [-0.05, 0) is 57.7 Å². The fraction of sp³-hybridized carbons (Fsp3) is 0.0714. The van der Waals surface area contributed by atoms with Crippen LogP contribution in [-0.4, -0.2) is 18.9 Å². The van der Waals surface area contributed by atoms with Crippen LogP contribution in [0, 0.1) is 0 Å². The van der Waals surface area contributed by atoms with Crippen molar-refractivity contribution in [2.24, 2.45) is 0 Å². The van der Waals surface area contributed by atoms with Crippen molar-refractivity contribution in [2.75, 3.05) is 11.9 Å². The first-order valence-corrected chi connectivity index (χ1v) is 16.1. The second-order valence-corrected chi connectivity index (χ2v) is 12.3. The number of anilines is 1. The minimum absolute atomic E-state index is 0.153. The Hall–Kier alpha value is -5.19. The van der Waals surface area contributed by atoms with Gasteiger partial charge in [-0.3, -0.25) is 0 Å². The predicted octanol–water partition coefficient (Wildman–Crippen LogP) is 8.78. The molecule has 0 radical (unpaired) electrons. The van der Waals surface area contributed by atoms with Crippen molar-refractivity contribution >= 4 is 46.4 Å². The third-order valence-electron chi connectivity index (χ3n) is 9.85. The van der Waals surface area contributed by atoms with Gasteiger partial charge < -0.3 is 9.55 Å². The van der Waals surface area contributed by atoms with Gasteiger partial charge in [0.25, 0.3) is 0 Å². The van der Waals surface area contributed by atoms with Crippen molar-refractivity contribution in [3.8, 4) is 5.75 Å². The van der Waals surface area contributed by atoms with Crippen molar-refractivity contribution in [1.82, 2.24) is 0 Å². The Morgan fingerprint density at radius 2 is 0.978 bits per heavy atom. The normalized spacial score (nSPS) is 20.3. The van der Waals surface area contributed by atoms with E-state index in [1.54, 1.807) is 7.11 Å². The number of rotatable bonds is 7. The maximum absolute atomic E-state index is 6.92. The Balaban J connectivity index is 1.59. The molecule has 8 rings (SSSR count). The molecule has 2 nitrogen and oxygen atoms in total. The number of allylic oxidation sites excluding steroid dienone is 1. The lowest BCUT2D eigenvalue weighted by molar-refractivity contribution is 0.415. The highest BCUT2D eigenvalue weighted by atomic mass is 32.1. The van der Waals surface area contributed by atoms with E-state index < -0.39 is 10.7 Å². The fourth-order valence-electron chi connectivity index (χ4n) is 8.21. The molecule has 1 heterocycles. The van der Waals surface area contributed by atoms with Crippen LogP contribution in [0.3, 0.4) is 0 Å². The van der Waals surface area contributed by atoms with Crippen LogP contribution in [0.25, 0.3) is 11.1 Å². The zero-order valence-electron chi connectivity index (χ0n) is 25.6. The Labute approximate surface area is 276 Å². The number of fused-ring (bicyclic) bond motifs is 1. The van der Waals surface area contributed by atoms with Gasteiger partial charge in [0, 0.05) is 11.0 Å². The second-order valence-electron chi connectivity index (χ2n) is 12.0. The van der Waals surface area contributed by atoms with E-state index in [1.807, 2.05) is 12.1 Å². The molecule has 0 N–H and O–H groups in total. The largest absolute Gasteiger partial charge is 0.497 e. The van der Waals surface area contributed by atoms with Crippen molar-refractivity contribution in [3.63, 3.8) is 0 Å². The topological polar surface area (TPSA) is 12.5 Å². The zero-order valence-corrected chi connectivity index (χ0v) is 26.4. The number of hydrogen-bond acceptors (Lipinski definition) is 2. The summed E-state index contributed by atoms with van der Waals surface area (Å²) in [7, 11) is 1.71. The summed E-state index contributed by atoms with van der Waals surface area (Å²) in [4.78, 5) is 3.32. The summed E-state index contributed by atoms with van der Waals surface area (Å²) in [5.74, 6) is 0.816. The Morgan fingerprint density at radius 3 is 1.50 bits per heavy atom. The molecule has 2 aliphatic rings. The average Bonchev–Trinajstić information content (AvgIpc) is 3.32. The number of nitrogens with zero attached hydrogens (tertiary/aromatic N) is 1. The highest BCUT2D eigenvalue weighted by Crippen LogP contribution is 2.74. The van der Waals surface area contributed by atoms with Crippen LogP contribution in [0.4, 0.5) is 5.69 Å². The lowest BCUT2D eigenvalue weighted by atomic mass is 9.23. The van der Waals surface area contributed by atoms with Crippen molar-refractivity contribution < 1.29 is 4.74 Å². The fourth-order valence-corrected chi connectivity index (χ4v) is 8.80. The quantitative estimate of drug-likeness (QED) is 0.133. The van der Waals surface area contributed by atoms with Crippen LogP contribution in [0.2, 0.25) is 0 Å². The van der Waals surface area contributed by atoms with Crippen LogP contribution in [0.1, 0.15) is 22.3 Å². The van der Waals surface area contributed by atoms with Gasteiger partial charge in [0.1, 0.15) is 5.75 Å². The Kier molecular flexibility index (Phi) is 6.96. The molecular weight excluding hydrogens is 577 g/mol. The van der Waals surface area contributed by atoms with Gasteiger partial charge in [0.15, 0.2) is 0 Å². The molecular formula is C42H32BNOS. The summed E-state index contributed by atoms with van der Waals surface area (Å²) in [5.41, 5.74) is 8.97. The molecule has 4 heteroatoms. The predicted molar refractivity (Wildman–Crippen MR) is 196 cm³/mol. The van der Waals surface area contributed by atoms with Gasteiger partial charge >= 0.3 is 6.85 Å². The standard InChI is InChI=1S/C42H32BNOS/c1-45-37-29-27-36(28-30-37)44-40(46)41(33-21-11-4-12-22-33)38(31-17-7-2-8-18-31)39(32-19-9-3-10-20-32)42(41,34-23-13-5-14-24-34)43(44)35-25-15-6-16-26-35/h2-30H,1H3/t41-,42-/m1/s1. The number of methoxy groups -OCH3 is 1. The molecule has 0 saturated carbocycles. The third kappa shape index (κ3) is 3.87. The van der Waals surface area contributed by atoms with Crippen molar-refractivity contribution in [3.05, 3.63) is 198 Å². The van der Waals surface area contributed by atoms with Crippen LogP contribution >= 0.6 is 12.2 Å². The smallest absolute Gasteiger partial charge is 0.311 e. The highest BCUT2D eigenvalue weighted by molar-refractivity contribution is 7.81. The molecule has 46 heavy (non-hydrogen) atoms. The molecule has 0 aromatic heterocycles. The van der Waals surface area contributed by atoms with Crippen LogP contribution in [0.5, 0.6) is 5.75 Å². The summed E-state index contributed by atoms with van der Waals surface area (Å²) in [6.07, 6.45) is 0. The van der Waals surface area contributed by atoms with E-state index in [1.165, 1.54) is 38.9 Å². The molecule has 0 spiro atoms. The van der Waals surface area contributed by atoms with Crippen molar-refractivity contribution in [1.29, 1.82) is 0 Å². The number of ether oxygens (including phenoxy) is 1. The first kappa shape index (κ1) is 28.3. The lowest BCUT2D eigenvalue weighted by Gasteiger charge is -2.59. The molecule has 6 aromatic carbocycles. The summed E-state index contributed by atoms with van der Waals surface area (Å²) in [6, 6.07) is 63.1. The minimum Gasteiger partial charge on any atom is -0.497 e. The monoisotopic (exact) mass is 609 g/mol. The van der Waals surface area contributed by atoms with Crippen LogP contribution in [0.15, 0.2) is 176 Å². The van der Waals surface area contributed by atoms with E-state index >= 15 is 0 Å². The van der Waals surface area contributed by atoms with Crippen LogP contribution < -0.4 is 15.0 Å². The SMILES string of the molecule is COc1ccc(N2B(c3ccccc3)[C@]3(c4ccccc4)C(c4ccccc4)=C(c4ccccc4)[C@]3(c3ccccc3)C2=S)cc1. The van der Waals surface area contributed by atoms with E-state index in [4.69, 9.17) is 17.0 Å². The first-order valence-electron chi connectivity index (χ1n) is 15.7. The van der Waals surface area contributed by atoms with E-state index in [0.717, 1.165) is 16.4 Å².